The number of anilines is 3. The molecule has 0 unspecified atom stereocenters. The fraction of sp³-hybridized carbons (Fsp3) is 0.167. The first-order valence-electron chi connectivity index (χ1n) is 5.44. The smallest absolute Gasteiger partial charge is 0.161 e. The molecule has 1 aromatic carbocycles. The molecule has 19 heavy (non-hydrogen) atoms. The van der Waals surface area contributed by atoms with Crippen LogP contribution in [0.2, 0.25) is 0 Å². The predicted octanol–water partition coefficient (Wildman–Crippen LogP) is 2.99. The van der Waals surface area contributed by atoms with Crippen LogP contribution in [-0.2, 0) is 0 Å². The van der Waals surface area contributed by atoms with Gasteiger partial charge in [-0.3, -0.25) is 0 Å². The van der Waals surface area contributed by atoms with Gasteiger partial charge in [0.05, 0.1) is 5.69 Å². The number of hydrogen-bond acceptors (Lipinski definition) is 4. The van der Waals surface area contributed by atoms with E-state index in [0.717, 1.165) is 6.07 Å². The highest BCUT2D eigenvalue weighted by molar-refractivity contribution is 5.59. The third kappa shape index (κ3) is 2.93. The Morgan fingerprint density at radius 2 is 1.53 bits per heavy atom. The summed E-state index contributed by atoms with van der Waals surface area (Å²) in [5.74, 6) is -2.01. The van der Waals surface area contributed by atoms with Crippen molar-refractivity contribution in [1.29, 1.82) is 0 Å². The van der Waals surface area contributed by atoms with Gasteiger partial charge in [0, 0.05) is 25.2 Å². The number of aromatic nitrogens is 2. The van der Waals surface area contributed by atoms with Crippen LogP contribution >= 0.6 is 0 Å². The van der Waals surface area contributed by atoms with Crippen molar-refractivity contribution in [3.05, 3.63) is 41.5 Å². The fourth-order valence-electron chi connectivity index (χ4n) is 1.52. The molecule has 0 saturated carbocycles. The van der Waals surface area contributed by atoms with Gasteiger partial charge in [-0.1, -0.05) is 0 Å². The number of halogens is 3. The van der Waals surface area contributed by atoms with Crippen LogP contribution in [0.3, 0.4) is 0 Å². The quantitative estimate of drug-likeness (QED) is 0.840. The molecule has 0 amide bonds. The van der Waals surface area contributed by atoms with E-state index < -0.39 is 17.5 Å². The minimum absolute atomic E-state index is 0.195. The van der Waals surface area contributed by atoms with Crippen molar-refractivity contribution in [2.45, 2.75) is 6.92 Å². The molecule has 0 spiro atoms. The normalized spacial score (nSPS) is 10.4. The number of hydrogen-bond donors (Lipinski definition) is 2. The van der Waals surface area contributed by atoms with Gasteiger partial charge < -0.3 is 10.6 Å². The Kier molecular flexibility index (Phi) is 3.55. The Bertz CT molecular complexity index is 616. The zero-order valence-corrected chi connectivity index (χ0v) is 10.3. The highest BCUT2D eigenvalue weighted by atomic mass is 19.2. The van der Waals surface area contributed by atoms with E-state index in [1.165, 1.54) is 6.07 Å². The molecule has 0 aliphatic heterocycles. The predicted molar refractivity (Wildman–Crippen MR) is 65.9 cm³/mol. The Morgan fingerprint density at radius 3 is 2.21 bits per heavy atom. The van der Waals surface area contributed by atoms with Gasteiger partial charge in [-0.2, -0.15) is 0 Å². The number of benzene rings is 1. The summed E-state index contributed by atoms with van der Waals surface area (Å²) in [6, 6.07) is 2.74. The van der Waals surface area contributed by atoms with Gasteiger partial charge in [-0.05, 0) is 6.92 Å². The first kappa shape index (κ1) is 13.1. The standard InChI is InChI=1S/C12H11F3N4/c1-6-17-11(16-2)5-12(18-6)19-10-4-8(14)7(13)3-9(10)15/h3-5H,1-2H3,(H2,16,17,18,19). The van der Waals surface area contributed by atoms with Crippen molar-refractivity contribution in [3.63, 3.8) is 0 Å². The third-order valence-corrected chi connectivity index (χ3v) is 2.37. The maximum atomic E-state index is 13.5. The summed E-state index contributed by atoms with van der Waals surface area (Å²) >= 11 is 0. The molecule has 1 aromatic heterocycles. The minimum atomic E-state index is -1.24. The summed E-state index contributed by atoms with van der Waals surface area (Å²) < 4.78 is 39.3. The molecule has 0 aliphatic rings. The van der Waals surface area contributed by atoms with E-state index in [0.29, 0.717) is 17.7 Å². The number of nitrogens with one attached hydrogen (secondary N) is 2. The van der Waals surface area contributed by atoms with E-state index in [-0.39, 0.29) is 11.5 Å². The molecule has 4 nitrogen and oxygen atoms in total. The average Bonchev–Trinajstić information content (AvgIpc) is 2.35. The molecule has 0 atom stereocenters. The van der Waals surface area contributed by atoms with E-state index >= 15 is 0 Å². The van der Waals surface area contributed by atoms with E-state index in [9.17, 15) is 13.2 Å². The van der Waals surface area contributed by atoms with Crippen molar-refractivity contribution in [3.8, 4) is 0 Å². The van der Waals surface area contributed by atoms with Crippen LogP contribution in [0.4, 0.5) is 30.5 Å². The van der Waals surface area contributed by atoms with Gasteiger partial charge in [0.1, 0.15) is 23.3 Å². The van der Waals surface area contributed by atoms with E-state index in [2.05, 4.69) is 20.6 Å². The third-order valence-electron chi connectivity index (χ3n) is 2.37. The Labute approximate surface area is 107 Å². The zero-order valence-electron chi connectivity index (χ0n) is 10.3. The molecular formula is C12H11F3N4. The molecule has 7 heteroatoms. The van der Waals surface area contributed by atoms with Crippen LogP contribution in [0.15, 0.2) is 18.2 Å². The first-order valence-corrected chi connectivity index (χ1v) is 5.44. The van der Waals surface area contributed by atoms with Crippen LogP contribution in [0.5, 0.6) is 0 Å². The summed E-state index contributed by atoms with van der Waals surface area (Å²) in [7, 11) is 1.67. The van der Waals surface area contributed by atoms with Crippen molar-refractivity contribution >= 4 is 17.3 Å². The summed E-state index contributed by atoms with van der Waals surface area (Å²) in [4.78, 5) is 8.08. The summed E-state index contributed by atoms with van der Waals surface area (Å²) in [6.45, 7) is 1.66. The Balaban J connectivity index is 2.36. The van der Waals surface area contributed by atoms with Gasteiger partial charge in [-0.25, -0.2) is 23.1 Å². The monoisotopic (exact) mass is 268 g/mol. The summed E-state index contributed by atoms with van der Waals surface area (Å²) in [5.41, 5.74) is -0.195. The van der Waals surface area contributed by atoms with Crippen LogP contribution in [0.1, 0.15) is 5.82 Å². The second kappa shape index (κ2) is 5.13. The van der Waals surface area contributed by atoms with E-state index in [1.807, 2.05) is 0 Å². The van der Waals surface area contributed by atoms with E-state index in [1.54, 1.807) is 14.0 Å². The second-order valence-electron chi connectivity index (χ2n) is 3.81. The number of rotatable bonds is 3. The van der Waals surface area contributed by atoms with Gasteiger partial charge >= 0.3 is 0 Å². The lowest BCUT2D eigenvalue weighted by atomic mass is 10.3. The molecule has 0 saturated heterocycles. The van der Waals surface area contributed by atoms with E-state index in [4.69, 9.17) is 0 Å². The maximum Gasteiger partial charge on any atom is 0.161 e. The summed E-state index contributed by atoms with van der Waals surface area (Å²) in [6.07, 6.45) is 0. The van der Waals surface area contributed by atoms with Crippen LogP contribution < -0.4 is 10.6 Å². The van der Waals surface area contributed by atoms with Crippen LogP contribution in [0.25, 0.3) is 0 Å². The average molecular weight is 268 g/mol. The largest absolute Gasteiger partial charge is 0.373 e. The summed E-state index contributed by atoms with van der Waals surface area (Å²) in [5, 5.41) is 5.39. The fourth-order valence-corrected chi connectivity index (χ4v) is 1.52. The molecule has 1 heterocycles. The van der Waals surface area contributed by atoms with Crippen molar-refractivity contribution in [2.75, 3.05) is 17.7 Å². The number of nitrogens with zero attached hydrogens (tertiary/aromatic N) is 2. The van der Waals surface area contributed by atoms with Crippen LogP contribution in [-0.4, -0.2) is 17.0 Å². The lowest BCUT2D eigenvalue weighted by Crippen LogP contribution is -2.03. The SMILES string of the molecule is CNc1cc(Nc2cc(F)c(F)cc2F)nc(C)n1. The molecular weight excluding hydrogens is 257 g/mol. The van der Waals surface area contributed by atoms with Gasteiger partial charge in [-0.15, -0.1) is 0 Å². The molecule has 0 fully saturated rings. The molecule has 0 aliphatic carbocycles. The second-order valence-corrected chi connectivity index (χ2v) is 3.81. The Hall–Kier alpha value is -2.31. The van der Waals surface area contributed by atoms with Crippen molar-refractivity contribution < 1.29 is 13.2 Å². The zero-order chi connectivity index (χ0) is 14.0. The van der Waals surface area contributed by atoms with Gasteiger partial charge in [0.25, 0.3) is 0 Å². The first-order chi connectivity index (χ1) is 8.99. The highest BCUT2D eigenvalue weighted by Crippen LogP contribution is 2.22. The molecule has 2 aromatic rings. The van der Waals surface area contributed by atoms with Gasteiger partial charge in [0.15, 0.2) is 11.6 Å². The lowest BCUT2D eigenvalue weighted by molar-refractivity contribution is 0.496. The molecule has 100 valence electrons. The highest BCUT2D eigenvalue weighted by Gasteiger charge is 2.11. The van der Waals surface area contributed by atoms with Crippen LogP contribution in [0, 0.1) is 24.4 Å². The number of aryl methyl sites for hydroxylation is 1. The molecule has 2 rings (SSSR count). The maximum absolute atomic E-state index is 13.5. The van der Waals surface area contributed by atoms with Gasteiger partial charge in [0.2, 0.25) is 0 Å². The lowest BCUT2D eigenvalue weighted by Gasteiger charge is -2.09. The minimum Gasteiger partial charge on any atom is -0.373 e. The Morgan fingerprint density at radius 1 is 0.895 bits per heavy atom. The topological polar surface area (TPSA) is 49.8 Å². The molecule has 2 N–H and O–H groups in total. The molecule has 0 radical (unpaired) electrons. The van der Waals surface area contributed by atoms with Crippen molar-refractivity contribution in [2.24, 2.45) is 0 Å². The molecule has 0 bridgehead atoms. The van der Waals surface area contributed by atoms with Crippen molar-refractivity contribution in [1.82, 2.24) is 9.97 Å².